The van der Waals surface area contributed by atoms with Crippen LogP contribution in [0.5, 0.6) is 0 Å². The normalized spacial score (nSPS) is 16.3. The number of nitrogens with one attached hydrogen (secondary N) is 1. The van der Waals surface area contributed by atoms with E-state index in [0.29, 0.717) is 26.2 Å². The molecule has 0 aliphatic carbocycles. The molecule has 1 heterocycles. The minimum absolute atomic E-state index is 0.228. The zero-order valence-corrected chi connectivity index (χ0v) is 16.1. The van der Waals surface area contributed by atoms with E-state index in [2.05, 4.69) is 31.2 Å². The molecule has 8 heteroatoms. The summed E-state index contributed by atoms with van der Waals surface area (Å²) in [5.41, 5.74) is 2.16. The molecule has 1 fully saturated rings. The maximum Gasteiger partial charge on any atom is 0.289 e. The number of aryl methyl sites for hydroxylation is 1. The van der Waals surface area contributed by atoms with Crippen molar-refractivity contribution in [2.24, 2.45) is 0 Å². The first-order valence-electron chi connectivity index (χ1n) is 9.06. The average Bonchev–Trinajstić information content (AvgIpc) is 2.69. The average molecular weight is 390 g/mol. The van der Waals surface area contributed by atoms with Crippen LogP contribution >= 0.6 is 0 Å². The van der Waals surface area contributed by atoms with Gasteiger partial charge in [-0.15, -0.1) is 0 Å². The highest BCUT2D eigenvalue weighted by Crippen LogP contribution is 2.26. The summed E-state index contributed by atoms with van der Waals surface area (Å²) in [6.07, 6.45) is 1.01. The number of piperazine rings is 1. The minimum atomic E-state index is -3.86. The Hall–Kier alpha value is -2.29. The number of hydrogen-bond acceptors (Lipinski definition) is 4. The van der Waals surface area contributed by atoms with Crippen LogP contribution in [0, 0.1) is 10.1 Å². The number of nitro groups is 1. The van der Waals surface area contributed by atoms with E-state index >= 15 is 0 Å². The molecule has 0 aromatic heterocycles. The Kier molecular flexibility index (Phi) is 5.88. The summed E-state index contributed by atoms with van der Waals surface area (Å²) in [6.45, 7) is 5.04. The highest BCUT2D eigenvalue weighted by Gasteiger charge is 2.34. The SMILES string of the molecule is CCc1ccc(C[NH+]2CCN(S(=O)(=O)c3ccccc3[N+](=O)[O-])CC2)cc1. The number of benzene rings is 2. The van der Waals surface area contributed by atoms with Crippen LogP contribution in [-0.2, 0) is 23.0 Å². The summed E-state index contributed by atoms with van der Waals surface area (Å²) in [5.74, 6) is 0. The summed E-state index contributed by atoms with van der Waals surface area (Å²) in [4.78, 5) is 11.6. The highest BCUT2D eigenvalue weighted by atomic mass is 32.2. The van der Waals surface area contributed by atoms with Gasteiger partial charge >= 0.3 is 0 Å². The van der Waals surface area contributed by atoms with E-state index in [1.165, 1.54) is 44.6 Å². The molecule has 3 rings (SSSR count). The van der Waals surface area contributed by atoms with E-state index in [-0.39, 0.29) is 10.6 Å². The summed E-state index contributed by atoms with van der Waals surface area (Å²) in [6, 6.07) is 14.0. The van der Waals surface area contributed by atoms with Crippen molar-refractivity contribution in [1.29, 1.82) is 0 Å². The molecule has 0 bridgehead atoms. The number of para-hydroxylation sites is 1. The van der Waals surface area contributed by atoms with Gasteiger partial charge in [-0.3, -0.25) is 10.1 Å². The van der Waals surface area contributed by atoms with Gasteiger partial charge in [-0.1, -0.05) is 43.3 Å². The molecule has 2 aromatic carbocycles. The van der Waals surface area contributed by atoms with Gasteiger partial charge in [0, 0.05) is 11.6 Å². The number of rotatable bonds is 6. The Morgan fingerprint density at radius 2 is 1.63 bits per heavy atom. The molecule has 0 spiro atoms. The molecule has 0 saturated carbocycles. The Morgan fingerprint density at radius 1 is 1.04 bits per heavy atom. The molecule has 7 nitrogen and oxygen atoms in total. The molecule has 0 amide bonds. The standard InChI is InChI=1S/C19H23N3O4S/c1-2-16-7-9-17(10-8-16)15-20-11-13-21(14-12-20)27(25,26)19-6-4-3-5-18(19)22(23)24/h3-10H,2,11-15H2,1H3/p+1. The van der Waals surface area contributed by atoms with Crippen LogP contribution in [0.15, 0.2) is 53.4 Å². The minimum Gasteiger partial charge on any atom is -0.329 e. The summed E-state index contributed by atoms with van der Waals surface area (Å²) >= 11 is 0. The first-order valence-corrected chi connectivity index (χ1v) is 10.5. The molecule has 1 aliphatic heterocycles. The number of sulfonamides is 1. The van der Waals surface area contributed by atoms with Crippen molar-refractivity contribution in [3.8, 4) is 0 Å². The lowest BCUT2D eigenvalue weighted by molar-refractivity contribution is -0.917. The first kappa shape index (κ1) is 19.5. The summed E-state index contributed by atoms with van der Waals surface area (Å²) < 4.78 is 27.1. The predicted molar refractivity (Wildman–Crippen MR) is 102 cm³/mol. The predicted octanol–water partition coefficient (Wildman–Crippen LogP) is 1.25. The smallest absolute Gasteiger partial charge is 0.289 e. The topological polar surface area (TPSA) is 85.0 Å². The second-order valence-corrected chi connectivity index (χ2v) is 8.63. The third kappa shape index (κ3) is 4.35. The maximum atomic E-state index is 12.9. The van der Waals surface area contributed by atoms with Crippen LogP contribution in [0.1, 0.15) is 18.1 Å². The van der Waals surface area contributed by atoms with Gasteiger partial charge in [0.2, 0.25) is 10.0 Å². The van der Waals surface area contributed by atoms with E-state index in [9.17, 15) is 18.5 Å². The van der Waals surface area contributed by atoms with Crippen molar-refractivity contribution in [2.75, 3.05) is 26.2 Å². The van der Waals surface area contributed by atoms with Gasteiger partial charge in [0.05, 0.1) is 31.1 Å². The second kappa shape index (κ2) is 8.16. The van der Waals surface area contributed by atoms with Gasteiger partial charge < -0.3 is 4.90 Å². The summed E-state index contributed by atoms with van der Waals surface area (Å²) in [5, 5.41) is 11.2. The van der Waals surface area contributed by atoms with Crippen molar-refractivity contribution >= 4 is 15.7 Å². The quantitative estimate of drug-likeness (QED) is 0.594. The van der Waals surface area contributed by atoms with E-state index < -0.39 is 14.9 Å². The van der Waals surface area contributed by atoms with Crippen LogP contribution in [0.4, 0.5) is 5.69 Å². The lowest BCUT2D eigenvalue weighted by atomic mass is 10.1. The molecule has 1 saturated heterocycles. The lowest BCUT2D eigenvalue weighted by Gasteiger charge is -2.31. The van der Waals surface area contributed by atoms with E-state index in [1.54, 1.807) is 0 Å². The van der Waals surface area contributed by atoms with Crippen LogP contribution < -0.4 is 4.90 Å². The Labute approximate surface area is 159 Å². The monoisotopic (exact) mass is 390 g/mol. The molecule has 0 unspecified atom stereocenters. The van der Waals surface area contributed by atoms with Gasteiger partial charge in [0.25, 0.3) is 5.69 Å². The fraction of sp³-hybridized carbons (Fsp3) is 0.368. The molecule has 2 aromatic rings. The van der Waals surface area contributed by atoms with Crippen LogP contribution in [0.3, 0.4) is 0 Å². The third-order valence-electron chi connectivity index (χ3n) is 4.99. The number of hydrogen-bond donors (Lipinski definition) is 1. The molecular formula is C19H24N3O4S+. The van der Waals surface area contributed by atoms with Gasteiger partial charge in [0.1, 0.15) is 6.54 Å². The molecule has 1 aliphatic rings. The highest BCUT2D eigenvalue weighted by molar-refractivity contribution is 7.89. The second-order valence-electron chi connectivity index (χ2n) is 6.73. The zero-order chi connectivity index (χ0) is 19.4. The molecule has 0 atom stereocenters. The fourth-order valence-electron chi connectivity index (χ4n) is 3.37. The molecule has 0 radical (unpaired) electrons. The number of quaternary nitrogens is 1. The zero-order valence-electron chi connectivity index (χ0n) is 15.3. The van der Waals surface area contributed by atoms with Gasteiger partial charge in [0.15, 0.2) is 4.90 Å². The number of nitro benzene ring substituents is 1. The van der Waals surface area contributed by atoms with E-state index in [0.717, 1.165) is 13.0 Å². The van der Waals surface area contributed by atoms with Crippen LogP contribution in [0.2, 0.25) is 0 Å². The molecular weight excluding hydrogens is 366 g/mol. The first-order chi connectivity index (χ1) is 12.9. The van der Waals surface area contributed by atoms with Gasteiger partial charge in [-0.25, -0.2) is 8.42 Å². The van der Waals surface area contributed by atoms with Crippen molar-refractivity contribution in [3.05, 3.63) is 69.8 Å². The van der Waals surface area contributed by atoms with E-state index in [4.69, 9.17) is 0 Å². The van der Waals surface area contributed by atoms with Crippen LogP contribution in [-0.4, -0.2) is 43.8 Å². The van der Waals surface area contributed by atoms with Crippen molar-refractivity contribution in [3.63, 3.8) is 0 Å². The third-order valence-corrected chi connectivity index (χ3v) is 6.94. The number of nitrogens with zero attached hydrogens (tertiary/aromatic N) is 2. The molecule has 144 valence electrons. The fourth-order valence-corrected chi connectivity index (χ4v) is 4.97. The molecule has 1 N–H and O–H groups in total. The van der Waals surface area contributed by atoms with Crippen LogP contribution in [0.25, 0.3) is 0 Å². The lowest BCUT2D eigenvalue weighted by Crippen LogP contribution is -3.13. The Bertz CT molecular complexity index is 905. The Balaban J connectivity index is 1.67. The molecule has 27 heavy (non-hydrogen) atoms. The van der Waals surface area contributed by atoms with Gasteiger partial charge in [-0.05, 0) is 18.1 Å². The maximum absolute atomic E-state index is 12.9. The van der Waals surface area contributed by atoms with Crippen molar-refractivity contribution in [2.45, 2.75) is 24.8 Å². The van der Waals surface area contributed by atoms with Crippen molar-refractivity contribution in [1.82, 2.24) is 4.31 Å². The summed E-state index contributed by atoms with van der Waals surface area (Å²) in [7, 11) is -3.86. The largest absolute Gasteiger partial charge is 0.329 e. The van der Waals surface area contributed by atoms with E-state index in [1.807, 2.05) is 0 Å². The Morgan fingerprint density at radius 3 is 2.22 bits per heavy atom. The van der Waals surface area contributed by atoms with Gasteiger partial charge in [-0.2, -0.15) is 4.31 Å². The van der Waals surface area contributed by atoms with Crippen molar-refractivity contribution < 1.29 is 18.2 Å².